The highest BCUT2D eigenvalue weighted by Crippen LogP contribution is 2.39. The second-order valence-electron chi connectivity index (χ2n) is 7.81. The van der Waals surface area contributed by atoms with Crippen LogP contribution in [0.25, 0.3) is 0 Å². The minimum absolute atomic E-state index is 0.0417. The van der Waals surface area contributed by atoms with E-state index < -0.39 is 14.2 Å². The number of methoxy groups -OCH3 is 1. The third-order valence-electron chi connectivity index (χ3n) is 4.85. The van der Waals surface area contributed by atoms with Crippen molar-refractivity contribution in [3.05, 3.63) is 58.6 Å². The molecule has 0 aliphatic rings. The van der Waals surface area contributed by atoms with E-state index in [1.54, 1.807) is 0 Å². The van der Waals surface area contributed by atoms with Crippen LogP contribution in [0.4, 0.5) is 0 Å². The predicted molar refractivity (Wildman–Crippen MR) is 115 cm³/mol. The van der Waals surface area contributed by atoms with E-state index in [0.717, 1.165) is 10.0 Å². The van der Waals surface area contributed by atoms with E-state index in [0.29, 0.717) is 0 Å². The lowest BCUT2D eigenvalue weighted by molar-refractivity contribution is -0.144. The summed E-state index contributed by atoms with van der Waals surface area (Å²) in [6, 6.07) is 7.75. The van der Waals surface area contributed by atoms with Gasteiger partial charge in [0.25, 0.3) is 0 Å². The molecule has 0 spiro atoms. The zero-order valence-corrected chi connectivity index (χ0v) is 19.5. The molecule has 1 rings (SSSR count). The van der Waals surface area contributed by atoms with Crippen LogP contribution in [0.2, 0.25) is 18.1 Å². The van der Waals surface area contributed by atoms with Crippen LogP contribution in [0.15, 0.2) is 53.0 Å². The van der Waals surface area contributed by atoms with Gasteiger partial charge in [-0.15, -0.1) is 0 Å². The first-order valence-corrected chi connectivity index (χ1v) is 12.5. The molecule has 2 atom stereocenters. The van der Waals surface area contributed by atoms with E-state index in [2.05, 4.69) is 49.8 Å². The van der Waals surface area contributed by atoms with Crippen molar-refractivity contribution in [1.29, 1.82) is 0 Å². The van der Waals surface area contributed by atoms with Gasteiger partial charge in [0, 0.05) is 4.47 Å². The summed E-state index contributed by atoms with van der Waals surface area (Å²) in [7, 11) is -0.662. The molecule has 26 heavy (non-hydrogen) atoms. The van der Waals surface area contributed by atoms with Crippen LogP contribution in [0, 0.1) is 0 Å². The summed E-state index contributed by atoms with van der Waals surface area (Å²) in [5.74, 6) is -0.801. The number of esters is 1. The minimum Gasteiger partial charge on any atom is -0.468 e. The lowest BCUT2D eigenvalue weighted by Gasteiger charge is -2.40. The van der Waals surface area contributed by atoms with Gasteiger partial charge in [0.2, 0.25) is 0 Å². The standard InChI is InChI=1S/C21H31BrO3Si/c1-8-9-10-11-18(25-26(6,7)21(2,3)4)19(20(23)24-5)16-12-14-17(22)15-13-16/h8-15,18-19H,1-7H3/b9-8+,11-10+/t18-,19+/m1/s1. The molecule has 0 saturated heterocycles. The Kier molecular flexibility index (Phi) is 8.51. The van der Waals surface area contributed by atoms with Gasteiger partial charge in [-0.25, -0.2) is 0 Å². The van der Waals surface area contributed by atoms with E-state index in [1.807, 2.05) is 55.5 Å². The van der Waals surface area contributed by atoms with Crippen LogP contribution < -0.4 is 0 Å². The van der Waals surface area contributed by atoms with Crippen molar-refractivity contribution in [2.24, 2.45) is 0 Å². The van der Waals surface area contributed by atoms with Gasteiger partial charge in [-0.2, -0.15) is 0 Å². The number of allylic oxidation sites excluding steroid dienone is 3. The molecule has 0 aliphatic carbocycles. The maximum Gasteiger partial charge on any atom is 0.316 e. The van der Waals surface area contributed by atoms with Gasteiger partial charge in [-0.1, -0.05) is 73.1 Å². The molecule has 3 nitrogen and oxygen atoms in total. The Bertz CT molecular complexity index is 642. The van der Waals surface area contributed by atoms with E-state index in [4.69, 9.17) is 9.16 Å². The topological polar surface area (TPSA) is 35.5 Å². The monoisotopic (exact) mass is 438 g/mol. The molecular weight excluding hydrogens is 408 g/mol. The average molecular weight is 439 g/mol. The molecule has 0 amide bonds. The van der Waals surface area contributed by atoms with Crippen molar-refractivity contribution in [2.45, 2.75) is 57.8 Å². The number of ether oxygens (including phenoxy) is 1. The van der Waals surface area contributed by atoms with Gasteiger partial charge in [-0.05, 0) is 42.8 Å². The highest BCUT2D eigenvalue weighted by Gasteiger charge is 2.42. The lowest BCUT2D eigenvalue weighted by atomic mass is 9.93. The fraction of sp³-hybridized carbons (Fsp3) is 0.476. The molecule has 5 heteroatoms. The van der Waals surface area contributed by atoms with Gasteiger partial charge in [-0.3, -0.25) is 4.79 Å². The summed E-state index contributed by atoms with van der Waals surface area (Å²) in [6.07, 6.45) is 7.40. The maximum absolute atomic E-state index is 12.7. The molecule has 0 heterocycles. The van der Waals surface area contributed by atoms with E-state index in [-0.39, 0.29) is 17.1 Å². The van der Waals surface area contributed by atoms with Gasteiger partial charge in [0.1, 0.15) is 5.92 Å². The normalized spacial score (nSPS) is 15.4. The molecule has 1 aromatic rings. The van der Waals surface area contributed by atoms with Crippen LogP contribution in [-0.4, -0.2) is 27.5 Å². The Morgan fingerprint density at radius 1 is 1.15 bits per heavy atom. The largest absolute Gasteiger partial charge is 0.468 e. The molecule has 0 aliphatic heterocycles. The van der Waals surface area contributed by atoms with Crippen molar-refractivity contribution in [2.75, 3.05) is 7.11 Å². The van der Waals surface area contributed by atoms with Gasteiger partial charge in [0.15, 0.2) is 8.32 Å². The van der Waals surface area contributed by atoms with Crippen molar-refractivity contribution >= 4 is 30.2 Å². The zero-order valence-electron chi connectivity index (χ0n) is 16.9. The fourth-order valence-corrected chi connectivity index (χ4v) is 3.79. The summed E-state index contributed by atoms with van der Waals surface area (Å²) in [5.41, 5.74) is 0.883. The third kappa shape index (κ3) is 6.22. The quantitative estimate of drug-likeness (QED) is 0.287. The first-order valence-electron chi connectivity index (χ1n) is 8.84. The van der Waals surface area contributed by atoms with Crippen molar-refractivity contribution < 1.29 is 14.0 Å². The molecule has 0 radical (unpaired) electrons. The van der Waals surface area contributed by atoms with E-state index >= 15 is 0 Å². The van der Waals surface area contributed by atoms with Crippen LogP contribution >= 0.6 is 15.9 Å². The lowest BCUT2D eigenvalue weighted by Crippen LogP contribution is -2.46. The molecular formula is C21H31BrO3Si. The molecule has 0 bridgehead atoms. The van der Waals surface area contributed by atoms with Crippen molar-refractivity contribution in [3.8, 4) is 0 Å². The summed E-state index contributed by atoms with van der Waals surface area (Å²) in [6.45, 7) is 12.9. The summed E-state index contributed by atoms with van der Waals surface area (Å²) < 4.78 is 12.7. The van der Waals surface area contributed by atoms with Crippen LogP contribution in [-0.2, 0) is 14.0 Å². The van der Waals surface area contributed by atoms with E-state index in [9.17, 15) is 4.79 Å². The minimum atomic E-state index is -2.09. The molecule has 1 aromatic carbocycles. The second kappa shape index (κ2) is 9.67. The summed E-state index contributed by atoms with van der Waals surface area (Å²) in [5, 5.41) is 0.0417. The Hall–Kier alpha value is -1.17. The Labute approximate surface area is 167 Å². The number of carbonyl (C=O) groups is 1. The highest BCUT2D eigenvalue weighted by molar-refractivity contribution is 9.10. The van der Waals surface area contributed by atoms with Crippen molar-refractivity contribution in [3.63, 3.8) is 0 Å². The third-order valence-corrected chi connectivity index (χ3v) is 9.86. The molecule has 0 N–H and O–H groups in total. The number of rotatable bonds is 7. The van der Waals surface area contributed by atoms with Crippen LogP contribution in [0.5, 0.6) is 0 Å². The molecule has 0 aromatic heterocycles. The Balaban J connectivity index is 3.37. The fourth-order valence-electron chi connectivity index (χ4n) is 2.28. The first kappa shape index (κ1) is 22.9. The summed E-state index contributed by atoms with van der Waals surface area (Å²) >= 11 is 3.45. The van der Waals surface area contributed by atoms with E-state index in [1.165, 1.54) is 7.11 Å². The van der Waals surface area contributed by atoms with Gasteiger partial charge >= 0.3 is 5.97 Å². The van der Waals surface area contributed by atoms with Gasteiger partial charge in [0.05, 0.1) is 13.2 Å². The highest BCUT2D eigenvalue weighted by atomic mass is 79.9. The smallest absolute Gasteiger partial charge is 0.316 e. The number of carbonyl (C=O) groups excluding carboxylic acids is 1. The van der Waals surface area contributed by atoms with Crippen LogP contribution in [0.1, 0.15) is 39.2 Å². The first-order chi connectivity index (χ1) is 12.0. The molecule has 0 fully saturated rings. The molecule has 0 saturated carbocycles. The Morgan fingerprint density at radius 3 is 2.19 bits per heavy atom. The molecule has 144 valence electrons. The maximum atomic E-state index is 12.7. The average Bonchev–Trinajstić information content (AvgIpc) is 2.55. The second-order valence-corrected chi connectivity index (χ2v) is 13.5. The zero-order chi connectivity index (χ0) is 20.0. The number of hydrogen-bond acceptors (Lipinski definition) is 3. The predicted octanol–water partition coefficient (Wildman–Crippen LogP) is 6.23. The number of halogens is 1. The number of hydrogen-bond donors (Lipinski definition) is 0. The molecule has 0 unspecified atom stereocenters. The van der Waals surface area contributed by atoms with Gasteiger partial charge < -0.3 is 9.16 Å². The Morgan fingerprint density at radius 2 is 1.73 bits per heavy atom. The van der Waals surface area contributed by atoms with Crippen molar-refractivity contribution in [1.82, 2.24) is 0 Å². The summed E-state index contributed by atoms with van der Waals surface area (Å²) in [4.78, 5) is 12.7. The SMILES string of the molecule is C/C=C/C=C/[C@@H](O[Si](C)(C)C(C)(C)C)[C@@H](C(=O)OC)c1ccc(Br)cc1. The van der Waals surface area contributed by atoms with Crippen LogP contribution in [0.3, 0.4) is 0 Å². The number of benzene rings is 1.